The number of fused-ring (bicyclic) bond motifs is 2. The highest BCUT2D eigenvalue weighted by atomic mass is 16.2. The molecular formula is C36H47N7O3. The Morgan fingerprint density at radius 2 is 1.72 bits per heavy atom. The van der Waals surface area contributed by atoms with E-state index in [-0.39, 0.29) is 36.3 Å². The molecule has 4 aliphatic heterocycles. The molecule has 4 amide bonds. The van der Waals surface area contributed by atoms with Crippen LogP contribution in [-0.4, -0.2) is 102 Å². The third-order valence-corrected chi connectivity index (χ3v) is 10.8. The fourth-order valence-corrected chi connectivity index (χ4v) is 8.15. The number of H-pyrrole nitrogens is 1. The number of hydrogen-bond acceptors (Lipinski definition) is 5. The fraction of sp³-hybridized carbons (Fsp3) is 0.528. The quantitative estimate of drug-likeness (QED) is 0.321. The number of benzene rings is 2. The molecular weight excluding hydrogens is 578 g/mol. The van der Waals surface area contributed by atoms with Gasteiger partial charge in [0.15, 0.2) is 0 Å². The first-order valence-corrected chi connectivity index (χ1v) is 17.2. The van der Waals surface area contributed by atoms with Gasteiger partial charge in [-0.25, -0.2) is 4.79 Å². The molecule has 3 saturated heterocycles. The summed E-state index contributed by atoms with van der Waals surface area (Å²) in [5.41, 5.74) is 4.20. The van der Waals surface area contributed by atoms with Crippen molar-refractivity contribution in [2.24, 2.45) is 11.8 Å². The number of carbonyl (C=O) groups is 3. The number of piperidine rings is 2. The first-order valence-electron chi connectivity index (χ1n) is 17.2. The van der Waals surface area contributed by atoms with Crippen LogP contribution in [0.25, 0.3) is 10.9 Å². The monoisotopic (exact) mass is 625 g/mol. The second kappa shape index (κ2) is 13.8. The van der Waals surface area contributed by atoms with Crippen LogP contribution >= 0.6 is 0 Å². The Labute approximate surface area is 271 Å². The van der Waals surface area contributed by atoms with Crippen LogP contribution in [0.4, 0.5) is 10.5 Å². The van der Waals surface area contributed by atoms with Crippen molar-refractivity contribution in [3.8, 4) is 0 Å². The van der Waals surface area contributed by atoms with E-state index in [1.165, 1.54) is 0 Å². The standard InChI is InChI=1S/C36H47N7O3/c44-34(41-17-11-30(12-18-41)42-19-10-26-3-1-2-4-32(26)40-36(42)46)23-29(22-25-5-6-31-28(21-25)9-15-39-31)35(45)43-20-16-38-24-33(43)27-7-13-37-14-8-27/h1-6,9,15,21,27,29-30,33,37-39H,7-8,10-14,16-20,22-24H2,(H,40,46). The van der Waals surface area contributed by atoms with Gasteiger partial charge in [-0.15, -0.1) is 0 Å². The minimum Gasteiger partial charge on any atom is -0.361 e. The minimum atomic E-state index is -0.418. The van der Waals surface area contributed by atoms with Gasteiger partial charge >= 0.3 is 6.03 Å². The number of carbonyl (C=O) groups excluding carboxylic acids is 3. The van der Waals surface area contributed by atoms with Crippen LogP contribution in [0.15, 0.2) is 54.7 Å². The highest BCUT2D eigenvalue weighted by Gasteiger charge is 2.38. The molecule has 4 aliphatic rings. The second-order valence-electron chi connectivity index (χ2n) is 13.5. The maximum atomic E-state index is 14.5. The van der Waals surface area contributed by atoms with Gasteiger partial charge in [0.2, 0.25) is 11.8 Å². The first-order chi connectivity index (χ1) is 22.5. The zero-order valence-corrected chi connectivity index (χ0v) is 26.7. The number of nitrogens with one attached hydrogen (secondary N) is 4. The topological polar surface area (TPSA) is 113 Å². The summed E-state index contributed by atoms with van der Waals surface area (Å²) in [7, 11) is 0. The van der Waals surface area contributed by atoms with E-state index in [0.29, 0.717) is 38.5 Å². The van der Waals surface area contributed by atoms with Crippen molar-refractivity contribution in [3.05, 3.63) is 65.9 Å². The van der Waals surface area contributed by atoms with Crippen molar-refractivity contribution < 1.29 is 14.4 Å². The van der Waals surface area contributed by atoms with E-state index in [1.54, 1.807) is 0 Å². The van der Waals surface area contributed by atoms with Crippen molar-refractivity contribution in [2.45, 2.75) is 57.0 Å². The maximum absolute atomic E-state index is 14.5. The van der Waals surface area contributed by atoms with Crippen molar-refractivity contribution >= 4 is 34.4 Å². The summed E-state index contributed by atoms with van der Waals surface area (Å²) in [5.74, 6) is 0.205. The first kappa shape index (κ1) is 30.7. The molecule has 2 unspecified atom stereocenters. The number of nitrogens with zero attached hydrogens (tertiary/aromatic N) is 3. The number of para-hydroxylation sites is 1. The zero-order chi connectivity index (χ0) is 31.5. The van der Waals surface area contributed by atoms with Crippen LogP contribution in [0.3, 0.4) is 0 Å². The highest BCUT2D eigenvalue weighted by molar-refractivity contribution is 5.91. The summed E-state index contributed by atoms with van der Waals surface area (Å²) < 4.78 is 0. The summed E-state index contributed by atoms with van der Waals surface area (Å²) in [5, 5.41) is 11.2. The van der Waals surface area contributed by atoms with E-state index in [0.717, 1.165) is 86.0 Å². The maximum Gasteiger partial charge on any atom is 0.322 e. The lowest BCUT2D eigenvalue weighted by Crippen LogP contribution is -2.59. The molecule has 0 spiro atoms. The number of piperazine rings is 1. The van der Waals surface area contributed by atoms with E-state index >= 15 is 0 Å². The number of likely N-dealkylation sites (tertiary alicyclic amines) is 1. The highest BCUT2D eigenvalue weighted by Crippen LogP contribution is 2.29. The molecule has 0 saturated carbocycles. The third kappa shape index (κ3) is 6.64. The third-order valence-electron chi connectivity index (χ3n) is 10.8. The molecule has 5 heterocycles. The molecule has 3 fully saturated rings. The van der Waals surface area contributed by atoms with Gasteiger partial charge in [0.1, 0.15) is 0 Å². The van der Waals surface area contributed by atoms with Crippen LogP contribution in [0.2, 0.25) is 0 Å². The Morgan fingerprint density at radius 1 is 0.891 bits per heavy atom. The lowest BCUT2D eigenvalue weighted by molar-refractivity contribution is -0.145. The summed E-state index contributed by atoms with van der Waals surface area (Å²) in [6.45, 7) is 6.13. The van der Waals surface area contributed by atoms with Gasteiger partial charge in [0, 0.05) is 75.2 Å². The van der Waals surface area contributed by atoms with Crippen molar-refractivity contribution in [1.82, 2.24) is 30.3 Å². The summed E-state index contributed by atoms with van der Waals surface area (Å²) in [6.07, 6.45) is 7.12. The number of anilines is 1. The molecule has 3 aromatic rings. The molecule has 0 radical (unpaired) electrons. The van der Waals surface area contributed by atoms with E-state index in [4.69, 9.17) is 0 Å². The van der Waals surface area contributed by atoms with Gasteiger partial charge in [-0.1, -0.05) is 24.3 Å². The normalized spacial score (nSPS) is 22.3. The van der Waals surface area contributed by atoms with Crippen LogP contribution < -0.4 is 16.0 Å². The minimum absolute atomic E-state index is 0.0424. The summed E-state index contributed by atoms with van der Waals surface area (Å²) in [6, 6.07) is 16.5. The molecule has 244 valence electrons. The molecule has 10 heteroatoms. The molecule has 10 nitrogen and oxygen atoms in total. The smallest absolute Gasteiger partial charge is 0.322 e. The van der Waals surface area contributed by atoms with Gasteiger partial charge in [0.25, 0.3) is 0 Å². The molecule has 2 atom stereocenters. The van der Waals surface area contributed by atoms with Gasteiger partial charge < -0.3 is 35.6 Å². The fourth-order valence-electron chi connectivity index (χ4n) is 8.15. The molecule has 1 aromatic heterocycles. The van der Waals surface area contributed by atoms with Gasteiger partial charge in [0.05, 0.1) is 5.92 Å². The van der Waals surface area contributed by atoms with Gasteiger partial charge in [-0.2, -0.15) is 0 Å². The average molecular weight is 626 g/mol. The Morgan fingerprint density at radius 3 is 2.57 bits per heavy atom. The predicted molar refractivity (Wildman–Crippen MR) is 180 cm³/mol. The predicted octanol–water partition coefficient (Wildman–Crippen LogP) is 3.60. The van der Waals surface area contributed by atoms with Gasteiger partial charge in [-0.05, 0) is 98.3 Å². The number of rotatable bonds is 7. The SMILES string of the molecule is O=C(CC(Cc1ccc2[nH]ccc2c1)C(=O)N1CCNCC1C1CCNCC1)N1CCC(N2CCc3ccccc3NC2=O)CC1. The average Bonchev–Trinajstić information content (AvgIpc) is 3.50. The summed E-state index contributed by atoms with van der Waals surface area (Å²) >= 11 is 0. The van der Waals surface area contributed by atoms with Crippen LogP contribution in [0.5, 0.6) is 0 Å². The largest absolute Gasteiger partial charge is 0.361 e. The lowest BCUT2D eigenvalue weighted by atomic mass is 9.86. The molecule has 0 bridgehead atoms. The molecule has 2 aromatic carbocycles. The molecule has 4 N–H and O–H groups in total. The molecule has 0 aliphatic carbocycles. The van der Waals surface area contributed by atoms with Crippen LogP contribution in [0.1, 0.15) is 43.2 Å². The number of aromatic nitrogens is 1. The Bertz CT molecular complexity index is 1540. The Hall–Kier alpha value is -3.89. The Balaban J connectivity index is 1.03. The van der Waals surface area contributed by atoms with Crippen molar-refractivity contribution in [1.29, 1.82) is 0 Å². The summed E-state index contributed by atoms with van der Waals surface area (Å²) in [4.78, 5) is 50.8. The number of amides is 4. The second-order valence-corrected chi connectivity index (χ2v) is 13.5. The van der Waals surface area contributed by atoms with Crippen molar-refractivity contribution in [2.75, 3.05) is 57.7 Å². The lowest BCUT2D eigenvalue weighted by Gasteiger charge is -2.44. The molecule has 7 rings (SSSR count). The van der Waals surface area contributed by atoms with Gasteiger partial charge in [-0.3, -0.25) is 9.59 Å². The van der Waals surface area contributed by atoms with Crippen LogP contribution in [0, 0.1) is 11.8 Å². The Kier molecular flexibility index (Phi) is 9.26. The van der Waals surface area contributed by atoms with E-state index < -0.39 is 5.92 Å². The van der Waals surface area contributed by atoms with Crippen molar-refractivity contribution in [3.63, 3.8) is 0 Å². The van der Waals surface area contributed by atoms with E-state index in [2.05, 4.69) is 56.2 Å². The van der Waals surface area contributed by atoms with Crippen LogP contribution in [-0.2, 0) is 22.4 Å². The zero-order valence-electron chi connectivity index (χ0n) is 26.7. The number of hydrogen-bond donors (Lipinski definition) is 4. The molecule has 46 heavy (non-hydrogen) atoms. The number of urea groups is 1. The number of aromatic amines is 1. The van der Waals surface area contributed by atoms with E-state index in [1.807, 2.05) is 34.2 Å². The van der Waals surface area contributed by atoms with E-state index in [9.17, 15) is 14.4 Å².